The van der Waals surface area contributed by atoms with Crippen molar-refractivity contribution in [2.45, 2.75) is 6.92 Å². The summed E-state index contributed by atoms with van der Waals surface area (Å²) in [6.07, 6.45) is 4.24. The maximum Gasteiger partial charge on any atom is 0.388 e. The molecule has 0 aliphatic heterocycles. The van der Waals surface area contributed by atoms with Gasteiger partial charge >= 0.3 is 11.9 Å². The van der Waals surface area contributed by atoms with Gasteiger partial charge in [-0.2, -0.15) is 0 Å². The van der Waals surface area contributed by atoms with Crippen LogP contribution in [0.25, 0.3) is 10.9 Å². The Hall–Kier alpha value is -2.42. The highest BCUT2D eigenvalue weighted by Crippen LogP contribution is 2.25. The summed E-state index contributed by atoms with van der Waals surface area (Å²) in [6.45, 7) is 1.61. The summed E-state index contributed by atoms with van der Waals surface area (Å²) in [4.78, 5) is 33.0. The van der Waals surface area contributed by atoms with Gasteiger partial charge in [-0.15, -0.1) is 0 Å². The van der Waals surface area contributed by atoms with Gasteiger partial charge in [0.25, 0.3) is 0 Å². The Morgan fingerprint density at radius 2 is 2.27 bits per heavy atom. The number of hydrogen-bond donors (Lipinski definition) is 2. The molecule has 2 aromatic rings. The minimum Gasteiger partial charge on any atom is -0.462 e. The summed E-state index contributed by atoms with van der Waals surface area (Å²) >= 11 is 3.24. The fourth-order valence-corrected chi connectivity index (χ4v) is 2.05. The van der Waals surface area contributed by atoms with Gasteiger partial charge in [-0.05, 0) is 28.9 Å². The number of aromatic amines is 1. The van der Waals surface area contributed by atoms with Crippen LogP contribution >= 0.6 is 15.9 Å². The molecule has 0 aliphatic rings. The van der Waals surface area contributed by atoms with Crippen molar-refractivity contribution in [2.75, 3.05) is 11.9 Å². The maximum absolute atomic E-state index is 12.1. The van der Waals surface area contributed by atoms with E-state index < -0.39 is 17.5 Å². The molecule has 116 valence electrons. The molecule has 2 aromatic heterocycles. The molecule has 9 heteroatoms. The summed E-state index contributed by atoms with van der Waals surface area (Å²) in [5.41, 5.74) is 0.711. The molecular formula is C13H11BrFN3O4. The van der Waals surface area contributed by atoms with Gasteiger partial charge in [0.05, 0.1) is 24.0 Å². The molecule has 0 saturated carbocycles. The monoisotopic (exact) mass is 371 g/mol. The topological polar surface area (TPSA) is 93.3 Å². The van der Waals surface area contributed by atoms with Crippen molar-refractivity contribution in [3.63, 3.8) is 0 Å². The molecular weight excluding hydrogens is 361 g/mol. The van der Waals surface area contributed by atoms with Crippen LogP contribution in [0.5, 0.6) is 0 Å². The Kier molecular flexibility index (Phi) is 5.10. The van der Waals surface area contributed by atoms with Crippen LogP contribution in [0.15, 0.2) is 34.8 Å². The molecule has 2 N–H and O–H groups in total. The molecule has 0 amide bonds. The third-order valence-corrected chi connectivity index (χ3v) is 3.12. The van der Waals surface area contributed by atoms with Crippen LogP contribution in [0, 0.1) is 0 Å². The van der Waals surface area contributed by atoms with E-state index in [0.29, 0.717) is 10.3 Å². The van der Waals surface area contributed by atoms with Crippen LogP contribution in [0.4, 0.5) is 10.2 Å². The number of esters is 1. The van der Waals surface area contributed by atoms with Crippen LogP contribution in [0.1, 0.15) is 6.92 Å². The number of halogens is 2. The van der Waals surface area contributed by atoms with Gasteiger partial charge in [-0.3, -0.25) is 0 Å². The molecule has 0 atom stereocenters. The molecule has 0 fully saturated rings. The Bertz CT molecular complexity index is 744. The highest BCUT2D eigenvalue weighted by molar-refractivity contribution is 9.10. The van der Waals surface area contributed by atoms with Crippen molar-refractivity contribution in [2.24, 2.45) is 0 Å². The first-order valence-corrected chi connectivity index (χ1v) is 6.95. The van der Waals surface area contributed by atoms with E-state index in [9.17, 15) is 14.1 Å². The Balaban J connectivity index is 2.30. The van der Waals surface area contributed by atoms with Gasteiger partial charge in [-0.1, -0.05) is 0 Å². The lowest BCUT2D eigenvalue weighted by molar-refractivity contribution is -0.179. The molecule has 0 spiro atoms. The molecule has 7 nitrogen and oxygen atoms in total. The number of nitrogens with one attached hydrogen (secondary N) is 2. The minimum atomic E-state index is -1.44. The van der Waals surface area contributed by atoms with Crippen molar-refractivity contribution in [1.82, 2.24) is 9.97 Å². The van der Waals surface area contributed by atoms with Crippen LogP contribution in [0.3, 0.4) is 0 Å². The number of carbonyl (C=O) groups is 2. The predicted octanol–water partition coefficient (Wildman–Crippen LogP) is 2.61. The van der Waals surface area contributed by atoms with E-state index in [1.807, 2.05) is 0 Å². The molecule has 0 aliphatic carbocycles. The van der Waals surface area contributed by atoms with Crippen molar-refractivity contribution in [1.29, 1.82) is 0 Å². The number of ether oxygens (including phenoxy) is 1. The maximum atomic E-state index is 12.1. The fraction of sp³-hybridized carbons (Fsp3) is 0.154. The van der Waals surface area contributed by atoms with E-state index in [1.54, 1.807) is 25.4 Å². The normalized spacial score (nSPS) is 11.3. The SMILES string of the molecule is CCOC(=O)/C(=C\Nc1c[nH]c2cnc(Br)cc12)C(=O)OF. The van der Waals surface area contributed by atoms with Gasteiger partial charge in [0.2, 0.25) is 0 Å². The highest BCUT2D eigenvalue weighted by atomic mass is 79.9. The van der Waals surface area contributed by atoms with Gasteiger partial charge in [0, 0.05) is 22.3 Å². The third-order valence-electron chi connectivity index (χ3n) is 2.69. The molecule has 0 unspecified atom stereocenters. The van der Waals surface area contributed by atoms with Gasteiger partial charge in [-0.25, -0.2) is 19.5 Å². The lowest BCUT2D eigenvalue weighted by Gasteiger charge is -2.04. The fourth-order valence-electron chi connectivity index (χ4n) is 1.72. The predicted molar refractivity (Wildman–Crippen MR) is 79.3 cm³/mol. The van der Waals surface area contributed by atoms with E-state index in [4.69, 9.17) is 0 Å². The van der Waals surface area contributed by atoms with Crippen molar-refractivity contribution in [3.8, 4) is 0 Å². The minimum absolute atomic E-state index is 0.0431. The molecule has 0 bridgehead atoms. The van der Waals surface area contributed by atoms with E-state index in [2.05, 4.69) is 40.9 Å². The highest BCUT2D eigenvalue weighted by Gasteiger charge is 2.22. The number of H-pyrrole nitrogens is 1. The first-order chi connectivity index (χ1) is 10.6. The lowest BCUT2D eigenvalue weighted by Crippen LogP contribution is -2.17. The number of nitrogens with zero attached hydrogens (tertiary/aromatic N) is 1. The smallest absolute Gasteiger partial charge is 0.388 e. The average Bonchev–Trinajstić information content (AvgIpc) is 2.90. The van der Waals surface area contributed by atoms with E-state index in [1.165, 1.54) is 0 Å². The number of rotatable bonds is 5. The Morgan fingerprint density at radius 3 is 2.95 bits per heavy atom. The number of pyridine rings is 1. The van der Waals surface area contributed by atoms with Crippen LogP contribution in [0.2, 0.25) is 0 Å². The zero-order valence-electron chi connectivity index (χ0n) is 11.4. The van der Waals surface area contributed by atoms with Crippen LogP contribution in [-0.4, -0.2) is 28.5 Å². The number of fused-ring (bicyclic) bond motifs is 1. The average molecular weight is 372 g/mol. The standard InChI is InChI=1S/C13H11BrFN3O4/c1-2-21-12(19)8(13(20)22-15)4-16-9-5-17-10-6-18-11(14)3-7(9)10/h3-6,16-17H,2H2,1H3/b8-4+. The largest absolute Gasteiger partial charge is 0.462 e. The number of aromatic nitrogens is 2. The number of hydrogen-bond acceptors (Lipinski definition) is 6. The summed E-state index contributed by atoms with van der Waals surface area (Å²) in [5, 5.41) is 3.50. The van der Waals surface area contributed by atoms with Gasteiger partial charge < -0.3 is 15.0 Å². The van der Waals surface area contributed by atoms with Gasteiger partial charge in [0.1, 0.15) is 4.60 Å². The third kappa shape index (κ3) is 3.42. The van der Waals surface area contributed by atoms with Crippen LogP contribution < -0.4 is 5.32 Å². The summed E-state index contributed by atoms with van der Waals surface area (Å²) in [5.74, 6) is -2.42. The Morgan fingerprint density at radius 1 is 1.50 bits per heavy atom. The van der Waals surface area contributed by atoms with E-state index >= 15 is 0 Å². The second-order valence-electron chi connectivity index (χ2n) is 4.04. The lowest BCUT2D eigenvalue weighted by atomic mass is 10.2. The molecule has 2 rings (SSSR count). The van der Waals surface area contributed by atoms with Gasteiger partial charge in [0.15, 0.2) is 5.57 Å². The van der Waals surface area contributed by atoms with Crippen molar-refractivity contribution >= 4 is 44.5 Å². The summed E-state index contributed by atoms with van der Waals surface area (Å²) in [6, 6.07) is 1.74. The first-order valence-electron chi connectivity index (χ1n) is 6.16. The second kappa shape index (κ2) is 7.03. The van der Waals surface area contributed by atoms with E-state index in [0.717, 1.165) is 17.1 Å². The number of carbonyl (C=O) groups excluding carboxylic acids is 2. The Labute approximate surface area is 132 Å². The van der Waals surface area contributed by atoms with Crippen LogP contribution in [-0.2, 0) is 19.3 Å². The molecule has 2 heterocycles. The zero-order valence-corrected chi connectivity index (χ0v) is 12.9. The molecule has 0 radical (unpaired) electrons. The molecule has 0 aromatic carbocycles. The zero-order chi connectivity index (χ0) is 16.1. The molecule has 0 saturated heterocycles. The first kappa shape index (κ1) is 16.0. The van der Waals surface area contributed by atoms with Crippen molar-refractivity contribution < 1.29 is 23.8 Å². The van der Waals surface area contributed by atoms with E-state index in [-0.39, 0.29) is 6.61 Å². The second-order valence-corrected chi connectivity index (χ2v) is 4.85. The molecule has 22 heavy (non-hydrogen) atoms. The summed E-state index contributed by atoms with van der Waals surface area (Å²) < 4.78 is 17.3. The quantitative estimate of drug-likeness (QED) is 0.276. The number of anilines is 1. The van der Waals surface area contributed by atoms with Crippen molar-refractivity contribution in [3.05, 3.63) is 34.8 Å². The summed E-state index contributed by atoms with van der Waals surface area (Å²) in [7, 11) is 0.